The molecule has 0 bridgehead atoms. The van der Waals surface area contributed by atoms with Gasteiger partial charge in [-0.05, 0) is 11.6 Å². The molecule has 22 heavy (non-hydrogen) atoms. The number of hydrogen-bond acceptors (Lipinski definition) is 7. The van der Waals surface area contributed by atoms with Crippen molar-refractivity contribution in [2.45, 2.75) is 12.3 Å². The number of halogens is 1. The van der Waals surface area contributed by atoms with Crippen LogP contribution in [0.4, 0.5) is 0 Å². The molecule has 0 aromatic carbocycles. The van der Waals surface area contributed by atoms with E-state index in [0.29, 0.717) is 30.6 Å². The highest BCUT2D eigenvalue weighted by Gasteiger charge is 2.38. The molecular formula is C13H17ClN4O4. The molecule has 0 spiro atoms. The number of pyridine rings is 1. The molecule has 8 nitrogen and oxygen atoms in total. The van der Waals surface area contributed by atoms with Gasteiger partial charge in [0, 0.05) is 27.0 Å². The molecule has 9 heteroatoms. The Labute approximate surface area is 132 Å². The minimum Gasteiger partial charge on any atom is -0.361 e. The number of nitro groups is 1. The van der Waals surface area contributed by atoms with E-state index in [1.807, 2.05) is 6.07 Å². The van der Waals surface area contributed by atoms with Crippen molar-refractivity contribution >= 4 is 11.6 Å². The summed E-state index contributed by atoms with van der Waals surface area (Å²) in [6.07, 6.45) is 2.56. The van der Waals surface area contributed by atoms with Gasteiger partial charge in [-0.1, -0.05) is 17.7 Å². The fourth-order valence-electron chi connectivity index (χ4n) is 2.21. The molecule has 1 aliphatic rings. The summed E-state index contributed by atoms with van der Waals surface area (Å²) in [6.45, 7) is 1.07. The van der Waals surface area contributed by atoms with E-state index in [4.69, 9.17) is 21.1 Å². The van der Waals surface area contributed by atoms with Gasteiger partial charge in [0.1, 0.15) is 5.15 Å². The van der Waals surface area contributed by atoms with Crippen LogP contribution in [-0.4, -0.2) is 47.9 Å². The molecule has 1 aromatic heterocycles. The number of nitrogens with one attached hydrogen (secondary N) is 1. The van der Waals surface area contributed by atoms with Gasteiger partial charge in [-0.3, -0.25) is 10.1 Å². The van der Waals surface area contributed by atoms with Crippen LogP contribution >= 0.6 is 11.6 Å². The van der Waals surface area contributed by atoms with Gasteiger partial charge in [0.05, 0.1) is 18.0 Å². The van der Waals surface area contributed by atoms with Gasteiger partial charge in [0.2, 0.25) is 5.79 Å². The van der Waals surface area contributed by atoms with Crippen molar-refractivity contribution in [1.29, 1.82) is 0 Å². The molecule has 1 aliphatic heterocycles. The molecule has 0 amide bonds. The van der Waals surface area contributed by atoms with Gasteiger partial charge in [0.25, 0.3) is 6.20 Å². The predicted molar refractivity (Wildman–Crippen MR) is 79.5 cm³/mol. The lowest BCUT2D eigenvalue weighted by Crippen LogP contribution is -2.58. The van der Waals surface area contributed by atoms with Crippen LogP contribution in [0, 0.1) is 10.1 Å². The number of ether oxygens (including phenoxy) is 2. The second kappa shape index (κ2) is 6.91. The van der Waals surface area contributed by atoms with Crippen molar-refractivity contribution in [1.82, 2.24) is 15.2 Å². The Kier molecular flexibility index (Phi) is 5.17. The third kappa shape index (κ3) is 3.85. The van der Waals surface area contributed by atoms with Gasteiger partial charge < -0.3 is 19.7 Å². The molecule has 0 atom stereocenters. The highest BCUT2D eigenvalue weighted by atomic mass is 35.5. The van der Waals surface area contributed by atoms with E-state index >= 15 is 0 Å². The topological polar surface area (TPSA) is 89.8 Å². The molecule has 1 aromatic rings. The van der Waals surface area contributed by atoms with Gasteiger partial charge in [-0.2, -0.15) is 0 Å². The first-order valence-corrected chi connectivity index (χ1v) is 6.91. The first-order chi connectivity index (χ1) is 10.5. The molecule has 0 radical (unpaired) electrons. The summed E-state index contributed by atoms with van der Waals surface area (Å²) in [5.41, 5.74) is 0.864. The largest absolute Gasteiger partial charge is 0.361 e. The summed E-state index contributed by atoms with van der Waals surface area (Å²) in [5, 5.41) is 14.1. The molecule has 2 heterocycles. The van der Waals surface area contributed by atoms with Crippen LogP contribution in [0.1, 0.15) is 5.56 Å². The van der Waals surface area contributed by atoms with Crippen LogP contribution < -0.4 is 5.32 Å². The van der Waals surface area contributed by atoms with Crippen LogP contribution in [0.3, 0.4) is 0 Å². The summed E-state index contributed by atoms with van der Waals surface area (Å²) >= 11 is 5.76. The van der Waals surface area contributed by atoms with Crippen molar-refractivity contribution in [3.8, 4) is 0 Å². The van der Waals surface area contributed by atoms with Crippen LogP contribution in [-0.2, 0) is 16.0 Å². The second-order valence-electron chi connectivity index (χ2n) is 4.82. The average molecular weight is 329 g/mol. The lowest BCUT2D eigenvalue weighted by Gasteiger charge is -2.42. The van der Waals surface area contributed by atoms with Gasteiger partial charge in [0.15, 0.2) is 5.82 Å². The third-order valence-corrected chi connectivity index (χ3v) is 3.67. The maximum absolute atomic E-state index is 10.8. The smallest absolute Gasteiger partial charge is 0.274 e. The van der Waals surface area contributed by atoms with Gasteiger partial charge >= 0.3 is 0 Å². The molecule has 0 saturated carbocycles. The fourth-order valence-corrected chi connectivity index (χ4v) is 2.33. The summed E-state index contributed by atoms with van der Waals surface area (Å²) < 4.78 is 10.8. The minimum atomic E-state index is -0.867. The number of rotatable bonds is 5. The number of methoxy groups -OCH3 is 2. The van der Waals surface area contributed by atoms with Crippen molar-refractivity contribution in [3.05, 3.63) is 51.2 Å². The Hall–Kier alpha value is -1.90. The van der Waals surface area contributed by atoms with Crippen LogP contribution in [0.25, 0.3) is 0 Å². The van der Waals surface area contributed by atoms with Crippen LogP contribution in [0.2, 0.25) is 5.15 Å². The van der Waals surface area contributed by atoms with Gasteiger partial charge in [-0.25, -0.2) is 4.98 Å². The van der Waals surface area contributed by atoms with E-state index in [1.165, 1.54) is 14.2 Å². The molecule has 2 rings (SSSR count). The Morgan fingerprint density at radius 2 is 2.27 bits per heavy atom. The lowest BCUT2D eigenvalue weighted by molar-refractivity contribution is -0.405. The van der Waals surface area contributed by atoms with Crippen molar-refractivity contribution < 1.29 is 14.4 Å². The number of nitrogens with zero attached hydrogens (tertiary/aromatic N) is 3. The van der Waals surface area contributed by atoms with E-state index in [0.717, 1.165) is 11.8 Å². The summed E-state index contributed by atoms with van der Waals surface area (Å²) in [7, 11) is 3.07. The average Bonchev–Trinajstić information content (AvgIpc) is 2.51. The van der Waals surface area contributed by atoms with E-state index in [2.05, 4.69) is 10.3 Å². The maximum atomic E-state index is 10.8. The summed E-state index contributed by atoms with van der Waals surface area (Å²) in [6, 6.07) is 3.49. The molecular weight excluding hydrogens is 312 g/mol. The van der Waals surface area contributed by atoms with E-state index < -0.39 is 10.7 Å². The summed E-state index contributed by atoms with van der Waals surface area (Å²) in [4.78, 5) is 16.1. The lowest BCUT2D eigenvalue weighted by atomic mass is 10.1. The molecule has 1 fully saturated rings. The third-order valence-electron chi connectivity index (χ3n) is 3.45. The summed E-state index contributed by atoms with van der Waals surface area (Å²) in [5.74, 6) is -0.474. The predicted octanol–water partition coefficient (Wildman–Crippen LogP) is 1.20. The van der Waals surface area contributed by atoms with Crippen molar-refractivity contribution in [2.75, 3.05) is 27.3 Å². The highest BCUT2D eigenvalue weighted by molar-refractivity contribution is 6.29. The van der Waals surface area contributed by atoms with Gasteiger partial charge in [-0.15, -0.1) is 0 Å². The zero-order chi connectivity index (χ0) is 16.2. The number of hydrogen-bond donors (Lipinski definition) is 1. The standard InChI is InChI=1S/C13H17ClN4O4/c1-21-13(22-2)8-16-12(7-18(19)20)17(9-13)6-10-3-4-11(14)15-5-10/h3-5,7,16H,6,8-9H2,1-2H3. The zero-order valence-electron chi connectivity index (χ0n) is 12.3. The zero-order valence-corrected chi connectivity index (χ0v) is 13.0. The molecule has 1 N–H and O–H groups in total. The molecule has 120 valence electrons. The first-order valence-electron chi connectivity index (χ1n) is 6.53. The maximum Gasteiger partial charge on any atom is 0.274 e. The van der Waals surface area contributed by atoms with E-state index in [-0.39, 0.29) is 0 Å². The monoisotopic (exact) mass is 328 g/mol. The molecule has 0 aliphatic carbocycles. The Morgan fingerprint density at radius 1 is 1.55 bits per heavy atom. The number of aromatic nitrogens is 1. The van der Waals surface area contributed by atoms with Crippen molar-refractivity contribution in [2.24, 2.45) is 0 Å². The quantitative estimate of drug-likeness (QED) is 0.376. The highest BCUT2D eigenvalue weighted by Crippen LogP contribution is 2.23. The Bertz CT molecular complexity index is 560. The fraction of sp³-hybridized carbons (Fsp3) is 0.462. The molecule has 1 saturated heterocycles. The second-order valence-corrected chi connectivity index (χ2v) is 5.20. The molecule has 0 unspecified atom stereocenters. The Morgan fingerprint density at radius 3 is 2.82 bits per heavy atom. The van der Waals surface area contributed by atoms with E-state index in [9.17, 15) is 10.1 Å². The van der Waals surface area contributed by atoms with E-state index in [1.54, 1.807) is 17.2 Å². The SMILES string of the molecule is COC1(OC)CNC(=C[N+](=O)[O-])N(Cc2ccc(Cl)nc2)C1. The Balaban J connectivity index is 2.23. The van der Waals surface area contributed by atoms with Crippen molar-refractivity contribution in [3.63, 3.8) is 0 Å². The minimum absolute atomic E-state index is 0.315. The van der Waals surface area contributed by atoms with Crippen LogP contribution in [0.15, 0.2) is 30.4 Å². The normalized spacial score (nSPS) is 19.0. The first kappa shape index (κ1) is 16.5. The van der Waals surface area contributed by atoms with Crippen LogP contribution in [0.5, 0.6) is 0 Å².